The summed E-state index contributed by atoms with van der Waals surface area (Å²) in [6.07, 6.45) is 1.76. The Morgan fingerprint density at radius 1 is 1.04 bits per heavy atom. The number of ether oxygens (including phenoxy) is 1. The number of thiazole rings is 1. The third-order valence-electron chi connectivity index (χ3n) is 3.88. The monoisotopic (exact) mass is 394 g/mol. The third kappa shape index (κ3) is 5.14. The molecule has 1 N–H and O–H groups in total. The molecule has 0 aliphatic carbocycles. The molecule has 28 heavy (non-hydrogen) atoms. The minimum Gasteiger partial charge on any atom is -0.497 e. The van der Waals surface area contributed by atoms with E-state index in [1.54, 1.807) is 13.3 Å². The van der Waals surface area contributed by atoms with Crippen LogP contribution >= 0.6 is 11.3 Å². The number of hydrogen-bond donors (Lipinski definition) is 1. The molecule has 0 aliphatic rings. The van der Waals surface area contributed by atoms with Crippen LogP contribution in [0.5, 0.6) is 5.75 Å². The summed E-state index contributed by atoms with van der Waals surface area (Å²) in [4.78, 5) is 6.49. The van der Waals surface area contributed by atoms with Crippen LogP contribution in [-0.4, -0.2) is 32.4 Å². The largest absolute Gasteiger partial charge is 0.497 e. The minimum atomic E-state index is 0.669. The summed E-state index contributed by atoms with van der Waals surface area (Å²) < 4.78 is 5.14. The van der Waals surface area contributed by atoms with Crippen LogP contribution in [0.1, 0.15) is 11.3 Å². The molecule has 144 valence electrons. The number of benzene rings is 2. The van der Waals surface area contributed by atoms with Crippen molar-refractivity contribution in [2.45, 2.75) is 6.92 Å². The molecule has 0 unspecified atom stereocenters. The topological polar surface area (TPSA) is 74.5 Å². The second-order valence-electron chi connectivity index (χ2n) is 6.16. The summed E-state index contributed by atoms with van der Waals surface area (Å²) in [7, 11) is 5.66. The van der Waals surface area contributed by atoms with Crippen LogP contribution in [0.15, 0.2) is 63.9 Å². The zero-order valence-corrected chi connectivity index (χ0v) is 17.1. The molecule has 0 bridgehead atoms. The van der Waals surface area contributed by atoms with Gasteiger partial charge in [-0.1, -0.05) is 23.5 Å². The predicted molar refractivity (Wildman–Crippen MR) is 116 cm³/mol. The number of anilines is 2. The second-order valence-corrected chi connectivity index (χ2v) is 7.14. The summed E-state index contributed by atoms with van der Waals surface area (Å²) in [6.45, 7) is 1.90. The van der Waals surface area contributed by atoms with E-state index in [4.69, 9.17) is 4.74 Å². The lowest BCUT2D eigenvalue weighted by atomic mass is 10.2. The van der Waals surface area contributed by atoms with Crippen molar-refractivity contribution in [1.29, 1.82) is 0 Å². The Morgan fingerprint density at radius 2 is 1.75 bits per heavy atom. The Bertz CT molecular complexity index is 961. The van der Waals surface area contributed by atoms with Crippen LogP contribution in [0.25, 0.3) is 0 Å². The zero-order valence-electron chi connectivity index (χ0n) is 16.2. The highest BCUT2D eigenvalue weighted by molar-refractivity contribution is 7.19. The highest BCUT2D eigenvalue weighted by Gasteiger charge is 2.06. The number of methoxy groups -OCH3 is 1. The van der Waals surface area contributed by atoms with E-state index in [1.165, 1.54) is 11.3 Å². The van der Waals surface area contributed by atoms with Crippen molar-refractivity contribution in [1.82, 2.24) is 4.98 Å². The van der Waals surface area contributed by atoms with Gasteiger partial charge in [0.25, 0.3) is 0 Å². The number of aromatic nitrogens is 1. The number of azo groups is 1. The number of hydrogen-bond acceptors (Lipinski definition) is 8. The summed E-state index contributed by atoms with van der Waals surface area (Å²) in [6, 6.07) is 15.5. The van der Waals surface area contributed by atoms with Gasteiger partial charge in [-0.15, -0.1) is 10.2 Å². The Morgan fingerprint density at radius 3 is 2.39 bits per heavy atom. The Kier molecular flexibility index (Phi) is 6.33. The van der Waals surface area contributed by atoms with Crippen LogP contribution in [0.3, 0.4) is 0 Å². The first-order valence-corrected chi connectivity index (χ1v) is 9.46. The van der Waals surface area contributed by atoms with Crippen molar-refractivity contribution >= 4 is 39.1 Å². The maximum Gasteiger partial charge on any atom is 0.205 e. The number of nitrogens with zero attached hydrogens (tertiary/aromatic N) is 5. The van der Waals surface area contributed by atoms with Gasteiger partial charge in [-0.3, -0.25) is 5.43 Å². The second kappa shape index (κ2) is 9.09. The first-order valence-electron chi connectivity index (χ1n) is 8.65. The van der Waals surface area contributed by atoms with Crippen molar-refractivity contribution in [3.8, 4) is 5.75 Å². The number of nitrogens with one attached hydrogen (secondary N) is 1. The van der Waals surface area contributed by atoms with Gasteiger partial charge in [0.2, 0.25) is 5.13 Å². The lowest BCUT2D eigenvalue weighted by Gasteiger charge is -2.11. The van der Waals surface area contributed by atoms with Gasteiger partial charge in [0.1, 0.15) is 5.75 Å². The first-order chi connectivity index (χ1) is 13.5. The molecule has 0 saturated heterocycles. The van der Waals surface area contributed by atoms with E-state index in [0.717, 1.165) is 33.4 Å². The van der Waals surface area contributed by atoms with Gasteiger partial charge in [0, 0.05) is 19.8 Å². The van der Waals surface area contributed by atoms with Gasteiger partial charge in [-0.2, -0.15) is 5.10 Å². The van der Waals surface area contributed by atoms with Crippen LogP contribution in [0, 0.1) is 6.92 Å². The van der Waals surface area contributed by atoms with Gasteiger partial charge < -0.3 is 9.64 Å². The molecule has 0 atom stereocenters. The molecule has 0 spiro atoms. The quantitative estimate of drug-likeness (QED) is 0.331. The van der Waals surface area contributed by atoms with Gasteiger partial charge >= 0.3 is 0 Å². The molecule has 3 rings (SSSR count). The Balaban J connectivity index is 1.62. The van der Waals surface area contributed by atoms with Crippen molar-refractivity contribution in [3.63, 3.8) is 0 Å². The van der Waals surface area contributed by atoms with Crippen molar-refractivity contribution in [3.05, 3.63) is 59.8 Å². The Hall–Kier alpha value is -3.26. The maximum absolute atomic E-state index is 5.14. The number of aryl methyl sites for hydroxylation is 1. The zero-order chi connectivity index (χ0) is 19.9. The van der Waals surface area contributed by atoms with Crippen molar-refractivity contribution in [2.75, 3.05) is 31.5 Å². The van der Waals surface area contributed by atoms with Crippen LogP contribution in [0.2, 0.25) is 0 Å². The molecular formula is C20H22N6OS. The van der Waals surface area contributed by atoms with E-state index in [9.17, 15) is 0 Å². The highest BCUT2D eigenvalue weighted by atomic mass is 32.1. The van der Waals surface area contributed by atoms with E-state index in [1.807, 2.05) is 69.6 Å². The van der Waals surface area contributed by atoms with Crippen molar-refractivity contribution in [2.24, 2.45) is 15.3 Å². The number of hydrazone groups is 1. The molecule has 0 aliphatic heterocycles. The van der Waals surface area contributed by atoms with Gasteiger partial charge in [0.05, 0.1) is 24.7 Å². The molecule has 0 radical (unpaired) electrons. The van der Waals surface area contributed by atoms with Gasteiger partial charge in [0.15, 0.2) is 5.00 Å². The molecule has 2 aromatic carbocycles. The SMILES string of the molecule is COc1ccc(N=Nc2sc(N/N=C/c3ccc(N(C)C)cc3)nc2C)cc1. The number of rotatable bonds is 7. The smallest absolute Gasteiger partial charge is 0.205 e. The molecule has 1 heterocycles. The standard InChI is InChI=1S/C20H22N6OS/c1-14-19(24-23-16-7-11-18(27-4)12-8-16)28-20(22-14)25-21-13-15-5-9-17(10-6-15)26(2)3/h5-13H,1-4H3,(H,22,25)/b21-13+,24-23?. The lowest BCUT2D eigenvalue weighted by molar-refractivity contribution is 0.415. The van der Waals surface area contributed by atoms with Crippen LogP contribution in [-0.2, 0) is 0 Å². The van der Waals surface area contributed by atoms with E-state index in [0.29, 0.717) is 5.13 Å². The molecule has 0 amide bonds. The van der Waals surface area contributed by atoms with E-state index in [-0.39, 0.29) is 0 Å². The highest BCUT2D eigenvalue weighted by Crippen LogP contribution is 2.32. The normalized spacial score (nSPS) is 11.3. The summed E-state index contributed by atoms with van der Waals surface area (Å²) in [5.74, 6) is 0.786. The molecule has 0 fully saturated rings. The average Bonchev–Trinajstić information content (AvgIpc) is 3.06. The van der Waals surface area contributed by atoms with Crippen LogP contribution in [0.4, 0.5) is 21.5 Å². The maximum atomic E-state index is 5.14. The summed E-state index contributed by atoms with van der Waals surface area (Å²) in [5, 5.41) is 14.2. The van der Waals surface area contributed by atoms with E-state index >= 15 is 0 Å². The fourth-order valence-electron chi connectivity index (χ4n) is 2.30. The lowest BCUT2D eigenvalue weighted by Crippen LogP contribution is -2.08. The fourth-order valence-corrected chi connectivity index (χ4v) is 3.04. The van der Waals surface area contributed by atoms with Gasteiger partial charge in [-0.25, -0.2) is 4.98 Å². The summed E-state index contributed by atoms with van der Waals surface area (Å²) in [5.41, 5.74) is 6.66. The fraction of sp³-hybridized carbons (Fsp3) is 0.200. The van der Waals surface area contributed by atoms with E-state index < -0.39 is 0 Å². The van der Waals surface area contributed by atoms with Gasteiger partial charge in [-0.05, 0) is 48.9 Å². The molecule has 1 aromatic heterocycles. The van der Waals surface area contributed by atoms with Crippen LogP contribution < -0.4 is 15.1 Å². The molecule has 8 heteroatoms. The third-order valence-corrected chi connectivity index (χ3v) is 4.83. The molecule has 0 saturated carbocycles. The minimum absolute atomic E-state index is 0.669. The molecule has 3 aromatic rings. The average molecular weight is 395 g/mol. The molecular weight excluding hydrogens is 372 g/mol. The predicted octanol–water partition coefficient (Wildman–Crippen LogP) is 5.39. The Labute approximate surface area is 168 Å². The first kappa shape index (κ1) is 19.5. The van der Waals surface area contributed by atoms with E-state index in [2.05, 4.69) is 30.6 Å². The van der Waals surface area contributed by atoms with Crippen molar-refractivity contribution < 1.29 is 4.74 Å². The summed E-state index contributed by atoms with van der Waals surface area (Å²) >= 11 is 1.40. The molecule has 7 nitrogen and oxygen atoms in total.